The van der Waals surface area contributed by atoms with Crippen molar-refractivity contribution in [2.24, 2.45) is 13.0 Å². The van der Waals surface area contributed by atoms with Crippen LogP contribution in [0.2, 0.25) is 0 Å². The summed E-state index contributed by atoms with van der Waals surface area (Å²) in [6, 6.07) is 13.5. The highest BCUT2D eigenvalue weighted by molar-refractivity contribution is 9.10. The highest BCUT2D eigenvalue weighted by Crippen LogP contribution is 2.35. The van der Waals surface area contributed by atoms with Crippen molar-refractivity contribution >= 4 is 39.3 Å². The maximum atomic E-state index is 12.8. The number of hydrogen-bond donors (Lipinski definition) is 1. The molecule has 1 unspecified atom stereocenters. The fraction of sp³-hybridized carbons (Fsp3) is 0.222. The van der Waals surface area contributed by atoms with Gasteiger partial charge in [-0.15, -0.1) is 5.10 Å². The zero-order chi connectivity index (χ0) is 18.8. The summed E-state index contributed by atoms with van der Waals surface area (Å²) in [6.07, 6.45) is 0.658. The van der Waals surface area contributed by atoms with Gasteiger partial charge in [0.25, 0.3) is 0 Å². The molecule has 0 fully saturated rings. The number of rotatable bonds is 4. The quantitative estimate of drug-likeness (QED) is 0.663. The van der Waals surface area contributed by atoms with Crippen molar-refractivity contribution in [3.8, 4) is 5.75 Å². The Balaban J connectivity index is 1.53. The summed E-state index contributed by atoms with van der Waals surface area (Å²) < 4.78 is 8.21. The number of halogens is 1. The first kappa shape index (κ1) is 18.0. The molecule has 27 heavy (non-hydrogen) atoms. The van der Waals surface area contributed by atoms with Crippen molar-refractivity contribution < 1.29 is 9.53 Å². The molecule has 0 aliphatic carbocycles. The molecule has 1 amide bonds. The molecule has 0 saturated heterocycles. The third-order valence-corrected chi connectivity index (χ3v) is 5.83. The Morgan fingerprint density at radius 3 is 3.00 bits per heavy atom. The van der Waals surface area contributed by atoms with Crippen molar-refractivity contribution in [1.29, 1.82) is 0 Å². The number of aryl methyl sites for hydroxylation is 1. The summed E-state index contributed by atoms with van der Waals surface area (Å²) in [4.78, 5) is 13.7. The van der Waals surface area contributed by atoms with E-state index >= 15 is 0 Å². The Hall–Kier alpha value is -2.39. The molecule has 0 bridgehead atoms. The second-order valence-electron chi connectivity index (χ2n) is 6.14. The van der Waals surface area contributed by atoms with E-state index in [0.717, 1.165) is 20.7 Å². The zero-order valence-corrected chi connectivity index (χ0v) is 16.8. The number of anilines is 1. The van der Waals surface area contributed by atoms with Crippen LogP contribution in [0.25, 0.3) is 0 Å². The van der Waals surface area contributed by atoms with E-state index in [-0.39, 0.29) is 11.8 Å². The van der Waals surface area contributed by atoms with Gasteiger partial charge in [0.1, 0.15) is 12.4 Å². The molecule has 1 aromatic heterocycles. The van der Waals surface area contributed by atoms with Crippen LogP contribution < -0.4 is 10.1 Å². The van der Waals surface area contributed by atoms with Gasteiger partial charge in [-0.3, -0.25) is 4.79 Å². The molecule has 0 radical (unpaired) electrons. The number of nitrogens with one attached hydrogen (secondary N) is 1. The number of carbonyl (C=O) groups is 1. The van der Waals surface area contributed by atoms with Crippen LogP contribution in [-0.4, -0.2) is 32.7 Å². The van der Waals surface area contributed by atoms with E-state index in [1.807, 2.05) is 42.5 Å². The maximum absolute atomic E-state index is 12.8. The lowest BCUT2D eigenvalue weighted by atomic mass is 9.96. The Morgan fingerprint density at radius 1 is 1.33 bits per heavy atom. The van der Waals surface area contributed by atoms with Crippen LogP contribution in [0, 0.1) is 5.92 Å². The fourth-order valence-electron chi connectivity index (χ4n) is 2.83. The SMILES string of the molecule is Cn1nnnc1Sc1ccc(Br)cc1NC(=O)C1COc2ccccc2C1. The van der Waals surface area contributed by atoms with Crippen molar-refractivity contribution in [2.75, 3.05) is 11.9 Å². The third-order valence-electron chi connectivity index (χ3n) is 4.23. The first-order valence-corrected chi connectivity index (χ1v) is 9.92. The summed E-state index contributed by atoms with van der Waals surface area (Å²) in [7, 11) is 1.77. The van der Waals surface area contributed by atoms with Crippen molar-refractivity contribution in [3.63, 3.8) is 0 Å². The zero-order valence-electron chi connectivity index (χ0n) is 14.4. The molecule has 7 nitrogen and oxygen atoms in total. The summed E-state index contributed by atoms with van der Waals surface area (Å²) in [5.41, 5.74) is 1.76. The lowest BCUT2D eigenvalue weighted by Gasteiger charge is -2.24. The first-order chi connectivity index (χ1) is 13.1. The molecule has 1 aliphatic rings. The Morgan fingerprint density at radius 2 is 2.19 bits per heavy atom. The molecule has 4 rings (SSSR count). The summed E-state index contributed by atoms with van der Waals surface area (Å²) in [5.74, 6) is 0.545. The van der Waals surface area contributed by atoms with Crippen molar-refractivity contribution in [2.45, 2.75) is 16.5 Å². The minimum absolute atomic E-state index is 0.0689. The number of amides is 1. The molecule has 0 saturated carbocycles. The van der Waals surface area contributed by atoms with E-state index in [9.17, 15) is 4.79 Å². The topological polar surface area (TPSA) is 81.9 Å². The summed E-state index contributed by atoms with van der Waals surface area (Å²) in [5, 5.41) is 15.2. The predicted molar refractivity (Wildman–Crippen MR) is 105 cm³/mol. The average molecular weight is 446 g/mol. The predicted octanol–water partition coefficient (Wildman–Crippen LogP) is 3.31. The van der Waals surface area contributed by atoms with E-state index in [2.05, 4.69) is 36.8 Å². The Kier molecular flexibility index (Phi) is 5.13. The van der Waals surface area contributed by atoms with Gasteiger partial charge in [-0.05, 0) is 58.4 Å². The Bertz CT molecular complexity index is 993. The van der Waals surface area contributed by atoms with E-state index in [0.29, 0.717) is 23.9 Å². The number of ether oxygens (including phenoxy) is 1. The van der Waals surface area contributed by atoms with Crippen LogP contribution in [0.4, 0.5) is 5.69 Å². The number of tetrazole rings is 1. The van der Waals surface area contributed by atoms with Crippen LogP contribution >= 0.6 is 27.7 Å². The van der Waals surface area contributed by atoms with Gasteiger partial charge in [0.2, 0.25) is 11.1 Å². The highest BCUT2D eigenvalue weighted by Gasteiger charge is 2.26. The summed E-state index contributed by atoms with van der Waals surface area (Å²) in [6.45, 7) is 0.368. The smallest absolute Gasteiger partial charge is 0.231 e. The summed E-state index contributed by atoms with van der Waals surface area (Å²) >= 11 is 4.86. The minimum atomic E-state index is -0.242. The van der Waals surface area contributed by atoms with Crippen LogP contribution in [0.1, 0.15) is 5.56 Å². The van der Waals surface area contributed by atoms with Crippen LogP contribution in [0.5, 0.6) is 5.75 Å². The second kappa shape index (κ2) is 7.69. The van der Waals surface area contributed by atoms with Gasteiger partial charge < -0.3 is 10.1 Å². The molecule has 1 N–H and O–H groups in total. The monoisotopic (exact) mass is 445 g/mol. The number of benzene rings is 2. The normalized spacial score (nSPS) is 15.7. The average Bonchev–Trinajstić information content (AvgIpc) is 3.08. The lowest BCUT2D eigenvalue weighted by Crippen LogP contribution is -2.32. The van der Waals surface area contributed by atoms with E-state index in [4.69, 9.17) is 4.74 Å². The molecule has 2 heterocycles. The fourth-order valence-corrected chi connectivity index (χ4v) is 3.99. The lowest BCUT2D eigenvalue weighted by molar-refractivity contribution is -0.121. The van der Waals surface area contributed by atoms with Crippen LogP contribution in [-0.2, 0) is 18.3 Å². The second-order valence-corrected chi connectivity index (χ2v) is 8.06. The molecule has 1 atom stereocenters. The number of nitrogens with zero attached hydrogens (tertiary/aromatic N) is 4. The van der Waals surface area contributed by atoms with Crippen LogP contribution in [0.15, 0.2) is 57.0 Å². The van der Waals surface area contributed by atoms with E-state index in [1.54, 1.807) is 11.7 Å². The van der Waals surface area contributed by atoms with Crippen molar-refractivity contribution in [3.05, 3.63) is 52.5 Å². The molecule has 0 spiro atoms. The number of hydrogen-bond acceptors (Lipinski definition) is 6. The standard InChI is InChI=1S/C18H16BrN5O2S/c1-24-18(21-22-23-24)27-16-7-6-13(19)9-14(16)20-17(25)12-8-11-4-2-3-5-15(11)26-10-12/h2-7,9,12H,8,10H2,1H3,(H,20,25). The van der Waals surface area contributed by atoms with Gasteiger partial charge >= 0.3 is 0 Å². The molecular weight excluding hydrogens is 430 g/mol. The number of fused-ring (bicyclic) bond motifs is 1. The molecule has 9 heteroatoms. The molecule has 2 aromatic carbocycles. The molecular formula is C18H16BrN5O2S. The maximum Gasteiger partial charge on any atom is 0.231 e. The molecule has 138 valence electrons. The Labute approximate surface area is 168 Å². The number of para-hydroxylation sites is 1. The minimum Gasteiger partial charge on any atom is -0.492 e. The molecule has 1 aliphatic heterocycles. The van der Waals surface area contributed by atoms with Gasteiger partial charge in [0.15, 0.2) is 0 Å². The van der Waals surface area contributed by atoms with E-state index < -0.39 is 0 Å². The highest BCUT2D eigenvalue weighted by atomic mass is 79.9. The van der Waals surface area contributed by atoms with Crippen molar-refractivity contribution in [1.82, 2.24) is 20.2 Å². The van der Waals surface area contributed by atoms with Gasteiger partial charge in [-0.25, -0.2) is 4.68 Å². The van der Waals surface area contributed by atoms with E-state index in [1.165, 1.54) is 11.8 Å². The van der Waals surface area contributed by atoms with Gasteiger partial charge in [0.05, 0.1) is 11.6 Å². The number of aromatic nitrogens is 4. The number of carbonyl (C=O) groups excluding carboxylic acids is 1. The first-order valence-electron chi connectivity index (χ1n) is 8.31. The third kappa shape index (κ3) is 3.98. The van der Waals surface area contributed by atoms with Crippen LogP contribution in [0.3, 0.4) is 0 Å². The molecule has 3 aromatic rings. The van der Waals surface area contributed by atoms with Gasteiger partial charge in [-0.1, -0.05) is 34.1 Å². The van der Waals surface area contributed by atoms with Gasteiger partial charge in [0, 0.05) is 16.4 Å². The van der Waals surface area contributed by atoms with Gasteiger partial charge in [-0.2, -0.15) is 0 Å². The largest absolute Gasteiger partial charge is 0.492 e.